The molecule has 1 aromatic carbocycles. The molecule has 1 aliphatic heterocycles. The fourth-order valence-corrected chi connectivity index (χ4v) is 4.80. The number of phenolic OH excluding ortho intramolecular Hbond substituents is 2. The Balaban J connectivity index is 0.00000408. The number of benzene rings is 1. The van der Waals surface area contributed by atoms with Crippen LogP contribution in [0, 0.1) is 0 Å². The van der Waals surface area contributed by atoms with Crippen molar-refractivity contribution >= 4 is 30.1 Å². The smallest absolute Gasteiger partial charge is 0.245 e. The van der Waals surface area contributed by atoms with Crippen LogP contribution in [0.3, 0.4) is 0 Å². The van der Waals surface area contributed by atoms with Crippen LogP contribution < -0.4 is 11.1 Å². The molecular formula is C24H37ClN4O5. The van der Waals surface area contributed by atoms with Crippen molar-refractivity contribution in [1.29, 1.82) is 0 Å². The number of amides is 3. The third kappa shape index (κ3) is 8.06. The van der Waals surface area contributed by atoms with E-state index in [4.69, 9.17) is 5.73 Å². The van der Waals surface area contributed by atoms with E-state index in [1.54, 1.807) is 11.0 Å². The summed E-state index contributed by atoms with van der Waals surface area (Å²) in [5.74, 6) is -1.17. The van der Waals surface area contributed by atoms with Gasteiger partial charge < -0.3 is 26.2 Å². The van der Waals surface area contributed by atoms with Crippen molar-refractivity contribution in [1.82, 2.24) is 15.1 Å². The zero-order valence-corrected chi connectivity index (χ0v) is 20.4. The summed E-state index contributed by atoms with van der Waals surface area (Å²) in [5, 5.41) is 22.1. The molecule has 3 rings (SSSR count). The fourth-order valence-electron chi connectivity index (χ4n) is 4.80. The molecule has 0 bridgehead atoms. The van der Waals surface area contributed by atoms with Crippen molar-refractivity contribution in [3.05, 3.63) is 23.8 Å². The third-order valence-electron chi connectivity index (χ3n) is 6.72. The van der Waals surface area contributed by atoms with Gasteiger partial charge in [0, 0.05) is 51.1 Å². The van der Waals surface area contributed by atoms with Gasteiger partial charge in [0.05, 0.1) is 0 Å². The lowest BCUT2D eigenvalue weighted by Crippen LogP contribution is -2.56. The maximum atomic E-state index is 13.2. The van der Waals surface area contributed by atoms with Crippen molar-refractivity contribution in [2.24, 2.45) is 5.73 Å². The van der Waals surface area contributed by atoms with Crippen molar-refractivity contribution in [2.75, 3.05) is 26.2 Å². The van der Waals surface area contributed by atoms with Gasteiger partial charge in [-0.15, -0.1) is 12.4 Å². The van der Waals surface area contributed by atoms with Crippen LogP contribution in [-0.2, 0) is 20.8 Å². The Kier molecular flexibility index (Phi) is 10.9. The van der Waals surface area contributed by atoms with Crippen molar-refractivity contribution in [3.8, 4) is 11.5 Å². The molecule has 9 nitrogen and oxygen atoms in total. The van der Waals surface area contributed by atoms with Crippen molar-refractivity contribution in [2.45, 2.75) is 69.9 Å². The first-order valence-electron chi connectivity index (χ1n) is 11.9. The van der Waals surface area contributed by atoms with E-state index < -0.39 is 11.9 Å². The largest absolute Gasteiger partial charge is 0.508 e. The van der Waals surface area contributed by atoms with E-state index in [2.05, 4.69) is 10.2 Å². The van der Waals surface area contributed by atoms with Crippen LogP contribution in [0.2, 0.25) is 0 Å². The number of primary amides is 1. The summed E-state index contributed by atoms with van der Waals surface area (Å²) in [5.41, 5.74) is 5.81. The van der Waals surface area contributed by atoms with Gasteiger partial charge in [-0.2, -0.15) is 0 Å². The Hall–Kier alpha value is -2.52. The van der Waals surface area contributed by atoms with Crippen LogP contribution in [0.15, 0.2) is 18.2 Å². The minimum absolute atomic E-state index is 0. The molecule has 2 aliphatic rings. The van der Waals surface area contributed by atoms with Crippen LogP contribution in [0.5, 0.6) is 11.5 Å². The molecule has 0 aromatic heterocycles. The molecule has 1 saturated heterocycles. The normalized spacial score (nSPS) is 18.1. The number of carbonyl (C=O) groups is 3. The minimum Gasteiger partial charge on any atom is -0.508 e. The average Bonchev–Trinajstić information content (AvgIpc) is 2.81. The van der Waals surface area contributed by atoms with E-state index in [-0.39, 0.29) is 61.4 Å². The number of aromatic hydroxyl groups is 2. The molecule has 5 N–H and O–H groups in total. The highest BCUT2D eigenvalue weighted by atomic mass is 35.5. The molecular weight excluding hydrogens is 460 g/mol. The summed E-state index contributed by atoms with van der Waals surface area (Å²) < 4.78 is 0. The molecule has 1 aromatic rings. The Bertz CT molecular complexity index is 839. The predicted molar refractivity (Wildman–Crippen MR) is 131 cm³/mol. The number of nitrogens with one attached hydrogen (secondary N) is 1. The minimum atomic E-state index is -0.806. The first-order valence-corrected chi connectivity index (χ1v) is 11.9. The lowest BCUT2D eigenvalue weighted by atomic mass is 9.94. The molecule has 10 heteroatoms. The predicted octanol–water partition coefficient (Wildman–Crippen LogP) is 1.68. The maximum absolute atomic E-state index is 13.2. The second-order valence-electron chi connectivity index (χ2n) is 9.09. The number of nitrogens with two attached hydrogens (primary N) is 1. The summed E-state index contributed by atoms with van der Waals surface area (Å²) in [4.78, 5) is 41.3. The molecule has 0 unspecified atom stereocenters. The fraction of sp³-hybridized carbons (Fsp3) is 0.625. The number of carbonyl (C=O) groups excluding carboxylic acids is 3. The first-order chi connectivity index (χ1) is 15.8. The molecule has 0 spiro atoms. The summed E-state index contributed by atoms with van der Waals surface area (Å²) in [7, 11) is 0. The SMILES string of the molecule is Cl.NC(=O)CC[C@H](NC(=O)CCc1ccc(O)cc1O)C(=O)N1CCN(C2CCCCC2)CC1. The first kappa shape index (κ1) is 27.7. The molecule has 190 valence electrons. The van der Waals surface area contributed by atoms with Gasteiger partial charge in [0.15, 0.2) is 0 Å². The van der Waals surface area contributed by atoms with Gasteiger partial charge >= 0.3 is 0 Å². The lowest BCUT2D eigenvalue weighted by molar-refractivity contribution is -0.138. The van der Waals surface area contributed by atoms with Crippen LogP contribution in [0.1, 0.15) is 56.9 Å². The second kappa shape index (κ2) is 13.4. The Morgan fingerprint density at radius 2 is 1.71 bits per heavy atom. The zero-order chi connectivity index (χ0) is 23.8. The molecule has 1 heterocycles. The number of hydrogen-bond acceptors (Lipinski definition) is 6. The van der Waals surface area contributed by atoms with Gasteiger partial charge in [-0.3, -0.25) is 19.3 Å². The maximum Gasteiger partial charge on any atom is 0.245 e. The van der Waals surface area contributed by atoms with Crippen LogP contribution in [0.4, 0.5) is 0 Å². The third-order valence-corrected chi connectivity index (χ3v) is 6.72. The van der Waals surface area contributed by atoms with Crippen molar-refractivity contribution < 1.29 is 24.6 Å². The number of piperazine rings is 1. The van der Waals surface area contributed by atoms with Crippen LogP contribution >= 0.6 is 12.4 Å². The Labute approximate surface area is 207 Å². The topological polar surface area (TPSA) is 136 Å². The number of hydrogen-bond donors (Lipinski definition) is 4. The van der Waals surface area contributed by atoms with E-state index in [0.717, 1.165) is 13.1 Å². The highest BCUT2D eigenvalue weighted by Gasteiger charge is 2.31. The van der Waals surface area contributed by atoms with Gasteiger partial charge in [0.2, 0.25) is 17.7 Å². The molecule has 1 atom stereocenters. The molecule has 1 saturated carbocycles. The summed E-state index contributed by atoms with van der Waals surface area (Å²) in [6.07, 6.45) is 6.79. The van der Waals surface area contributed by atoms with E-state index in [1.807, 2.05) is 0 Å². The Morgan fingerprint density at radius 1 is 1.03 bits per heavy atom. The molecule has 34 heavy (non-hydrogen) atoms. The monoisotopic (exact) mass is 496 g/mol. The van der Waals surface area contributed by atoms with Gasteiger partial charge in [-0.1, -0.05) is 25.3 Å². The number of nitrogens with zero attached hydrogens (tertiary/aromatic N) is 2. The van der Waals surface area contributed by atoms with E-state index >= 15 is 0 Å². The molecule has 0 radical (unpaired) electrons. The van der Waals surface area contributed by atoms with Crippen LogP contribution in [-0.4, -0.2) is 76.0 Å². The lowest BCUT2D eigenvalue weighted by Gasteiger charge is -2.41. The average molecular weight is 497 g/mol. The number of aryl methyl sites for hydroxylation is 1. The molecule has 3 amide bonds. The molecule has 1 aliphatic carbocycles. The van der Waals surface area contributed by atoms with Gasteiger partial charge in [0.1, 0.15) is 17.5 Å². The molecule has 2 fully saturated rings. The van der Waals surface area contributed by atoms with Gasteiger partial charge in [-0.25, -0.2) is 0 Å². The van der Waals surface area contributed by atoms with E-state index in [9.17, 15) is 24.6 Å². The summed E-state index contributed by atoms with van der Waals surface area (Å²) in [6.45, 7) is 2.87. The quantitative estimate of drug-likeness (QED) is 0.410. The van der Waals surface area contributed by atoms with Gasteiger partial charge in [0.25, 0.3) is 0 Å². The number of halogens is 1. The van der Waals surface area contributed by atoms with E-state index in [1.165, 1.54) is 44.2 Å². The Morgan fingerprint density at radius 3 is 2.32 bits per heavy atom. The van der Waals surface area contributed by atoms with E-state index in [0.29, 0.717) is 24.7 Å². The summed E-state index contributed by atoms with van der Waals surface area (Å²) in [6, 6.07) is 4.02. The number of rotatable bonds is 9. The highest BCUT2D eigenvalue weighted by molar-refractivity contribution is 5.88. The zero-order valence-electron chi connectivity index (χ0n) is 19.6. The number of phenols is 2. The van der Waals surface area contributed by atoms with Crippen LogP contribution in [0.25, 0.3) is 0 Å². The standard InChI is InChI=1S/C24H36N4O5.ClH/c25-22(31)10-9-20(26-23(32)11-7-17-6-8-19(29)16-21(17)30)24(33)28-14-12-27(13-15-28)18-4-2-1-3-5-18;/h6,8,16,18,20,29-30H,1-5,7,9-15H2,(H2,25,31)(H,26,32);1H/t20-;/m0./s1. The van der Waals surface area contributed by atoms with Crippen molar-refractivity contribution in [3.63, 3.8) is 0 Å². The highest BCUT2D eigenvalue weighted by Crippen LogP contribution is 2.25. The summed E-state index contributed by atoms with van der Waals surface area (Å²) >= 11 is 0. The second-order valence-corrected chi connectivity index (χ2v) is 9.09. The van der Waals surface area contributed by atoms with Gasteiger partial charge in [-0.05, 0) is 37.3 Å².